The van der Waals surface area contributed by atoms with E-state index in [9.17, 15) is 23.5 Å². The summed E-state index contributed by atoms with van der Waals surface area (Å²) >= 11 is 0. The first kappa shape index (κ1) is 16.8. The van der Waals surface area contributed by atoms with Crippen molar-refractivity contribution >= 4 is 11.9 Å². The molecular weight excluding hydrogens is 320 g/mol. The number of carboxylic acids is 1. The number of carbonyl (C=O) groups excluding carboxylic acids is 1. The van der Waals surface area contributed by atoms with E-state index in [1.807, 2.05) is 0 Å². The number of rotatable bonds is 4. The second kappa shape index (κ2) is 6.47. The molecule has 1 N–H and O–H groups in total. The van der Waals surface area contributed by atoms with Crippen molar-refractivity contribution in [3.63, 3.8) is 0 Å². The number of amides is 1. The second-order valence-electron chi connectivity index (χ2n) is 6.47. The zero-order valence-electron chi connectivity index (χ0n) is 13.1. The van der Waals surface area contributed by atoms with Crippen molar-refractivity contribution in [1.82, 2.24) is 4.90 Å². The average Bonchev–Trinajstić information content (AvgIpc) is 2.97. The molecule has 2 aliphatic heterocycles. The highest BCUT2D eigenvalue weighted by Crippen LogP contribution is 2.42. The van der Waals surface area contributed by atoms with Gasteiger partial charge >= 0.3 is 5.97 Å². The van der Waals surface area contributed by atoms with Crippen molar-refractivity contribution in [3.05, 3.63) is 35.4 Å². The molecule has 2 atom stereocenters. The Morgan fingerprint density at radius 3 is 2.88 bits per heavy atom. The average molecular weight is 339 g/mol. The van der Waals surface area contributed by atoms with E-state index in [1.165, 1.54) is 17.0 Å². The van der Waals surface area contributed by atoms with Crippen LogP contribution in [0.25, 0.3) is 0 Å². The largest absolute Gasteiger partial charge is 0.481 e. The molecule has 2 heterocycles. The predicted molar refractivity (Wildman–Crippen MR) is 80.3 cm³/mol. The molecule has 0 spiro atoms. The van der Waals surface area contributed by atoms with Crippen molar-refractivity contribution in [2.24, 2.45) is 11.3 Å². The number of ether oxygens (including phenoxy) is 1. The Labute approximate surface area is 138 Å². The second-order valence-corrected chi connectivity index (χ2v) is 6.47. The van der Waals surface area contributed by atoms with Crippen molar-refractivity contribution in [2.45, 2.75) is 19.3 Å². The van der Waals surface area contributed by atoms with E-state index in [4.69, 9.17) is 4.74 Å². The van der Waals surface area contributed by atoms with E-state index in [0.29, 0.717) is 26.2 Å². The predicted octanol–water partition coefficient (Wildman–Crippen LogP) is 1.85. The number of nitrogens with zero attached hydrogens (tertiary/aromatic N) is 1. The first-order valence-corrected chi connectivity index (χ1v) is 7.96. The van der Waals surface area contributed by atoms with Gasteiger partial charge in [-0.2, -0.15) is 0 Å². The highest BCUT2D eigenvalue weighted by atomic mass is 19.2. The maximum Gasteiger partial charge on any atom is 0.311 e. The van der Waals surface area contributed by atoms with Gasteiger partial charge in [0.15, 0.2) is 11.6 Å². The van der Waals surface area contributed by atoms with Gasteiger partial charge in [-0.3, -0.25) is 9.59 Å². The monoisotopic (exact) mass is 339 g/mol. The van der Waals surface area contributed by atoms with Crippen molar-refractivity contribution in [3.8, 4) is 0 Å². The molecule has 24 heavy (non-hydrogen) atoms. The molecule has 0 bridgehead atoms. The molecule has 3 rings (SSSR count). The summed E-state index contributed by atoms with van der Waals surface area (Å²) in [5.41, 5.74) is -0.797. The molecule has 0 aliphatic carbocycles. The lowest BCUT2D eigenvalue weighted by Crippen LogP contribution is -2.45. The van der Waals surface area contributed by atoms with Gasteiger partial charge in [0.2, 0.25) is 5.91 Å². The Hall–Kier alpha value is -2.02. The molecule has 1 aromatic carbocycles. The van der Waals surface area contributed by atoms with Crippen molar-refractivity contribution in [1.29, 1.82) is 0 Å². The van der Waals surface area contributed by atoms with Crippen LogP contribution in [-0.2, 0) is 20.7 Å². The maximum absolute atomic E-state index is 13.6. The molecule has 2 aliphatic rings. The fourth-order valence-corrected chi connectivity index (χ4v) is 3.63. The van der Waals surface area contributed by atoms with Gasteiger partial charge in [0, 0.05) is 32.0 Å². The number of hydrogen-bond acceptors (Lipinski definition) is 3. The smallest absolute Gasteiger partial charge is 0.311 e. The number of aliphatic carboxylic acids is 1. The fraction of sp³-hybridized carbons (Fsp3) is 0.529. The Balaban J connectivity index is 1.66. The zero-order chi connectivity index (χ0) is 17.3. The fourth-order valence-electron chi connectivity index (χ4n) is 3.63. The summed E-state index contributed by atoms with van der Waals surface area (Å²) < 4.78 is 32.2. The quantitative estimate of drug-likeness (QED) is 0.909. The van der Waals surface area contributed by atoms with Gasteiger partial charge in [0.05, 0.1) is 12.0 Å². The van der Waals surface area contributed by atoms with Gasteiger partial charge in [-0.05, 0) is 24.5 Å². The van der Waals surface area contributed by atoms with Crippen LogP contribution < -0.4 is 0 Å². The van der Waals surface area contributed by atoms with E-state index in [-0.39, 0.29) is 36.8 Å². The van der Waals surface area contributed by atoms with Crippen LogP contribution in [0.1, 0.15) is 18.4 Å². The molecule has 130 valence electrons. The molecule has 1 amide bonds. The van der Waals surface area contributed by atoms with E-state index >= 15 is 0 Å². The molecule has 0 saturated carbocycles. The van der Waals surface area contributed by atoms with E-state index in [0.717, 1.165) is 6.07 Å². The molecule has 1 aromatic rings. The van der Waals surface area contributed by atoms with Crippen LogP contribution in [0, 0.1) is 23.0 Å². The lowest BCUT2D eigenvalue weighted by molar-refractivity contribution is -0.157. The number of benzene rings is 1. The lowest BCUT2D eigenvalue weighted by atomic mass is 9.74. The first-order chi connectivity index (χ1) is 11.4. The van der Waals surface area contributed by atoms with Gasteiger partial charge < -0.3 is 14.7 Å². The van der Waals surface area contributed by atoms with Crippen molar-refractivity contribution in [2.75, 3.05) is 26.3 Å². The number of carboxylic acid groups (broad SMARTS) is 1. The Morgan fingerprint density at radius 2 is 2.17 bits per heavy atom. The molecular formula is C17H19F2NO4. The molecule has 0 radical (unpaired) electrons. The third kappa shape index (κ3) is 2.88. The standard InChI is InChI=1S/C17H19F2NO4/c18-13-3-1-2-11(15(13)19)4-5-14(21)20-8-12-9-24-7-6-17(12,10-20)16(22)23/h1-3,12H,4-10H2,(H,22,23)/t12-,17+/m0/s1. The normalized spacial score (nSPS) is 26.2. The highest BCUT2D eigenvalue weighted by Gasteiger charge is 2.54. The first-order valence-electron chi connectivity index (χ1n) is 7.96. The van der Waals surface area contributed by atoms with Crippen LogP contribution in [0.2, 0.25) is 0 Å². The molecule has 0 aromatic heterocycles. The molecule has 0 unspecified atom stereocenters. The van der Waals surface area contributed by atoms with Gasteiger partial charge in [0.25, 0.3) is 0 Å². The Morgan fingerprint density at radius 1 is 1.38 bits per heavy atom. The SMILES string of the molecule is O=C(CCc1cccc(F)c1F)N1C[C@H]2COCC[C@@]2(C(=O)O)C1. The summed E-state index contributed by atoms with van der Waals surface area (Å²) in [5.74, 6) is -3.24. The van der Waals surface area contributed by atoms with Crippen LogP contribution in [0.3, 0.4) is 0 Å². The van der Waals surface area contributed by atoms with Gasteiger partial charge in [0.1, 0.15) is 0 Å². The lowest BCUT2D eigenvalue weighted by Gasteiger charge is -2.33. The van der Waals surface area contributed by atoms with Crippen LogP contribution in [0.4, 0.5) is 8.78 Å². The van der Waals surface area contributed by atoms with Gasteiger partial charge in [-0.1, -0.05) is 12.1 Å². The number of hydrogen-bond donors (Lipinski definition) is 1. The summed E-state index contributed by atoms with van der Waals surface area (Å²) in [6.45, 7) is 1.19. The van der Waals surface area contributed by atoms with E-state index in [1.54, 1.807) is 0 Å². The number of halogens is 2. The third-order valence-corrected chi connectivity index (χ3v) is 5.13. The minimum atomic E-state index is -0.946. The number of carbonyl (C=O) groups is 2. The van der Waals surface area contributed by atoms with E-state index < -0.39 is 23.0 Å². The number of likely N-dealkylation sites (tertiary alicyclic amines) is 1. The summed E-state index contributed by atoms with van der Waals surface area (Å²) in [4.78, 5) is 25.6. The van der Waals surface area contributed by atoms with Gasteiger partial charge in [-0.15, -0.1) is 0 Å². The Kier molecular flexibility index (Phi) is 4.54. The molecule has 5 nitrogen and oxygen atoms in total. The molecule has 7 heteroatoms. The highest BCUT2D eigenvalue weighted by molar-refractivity contribution is 5.81. The maximum atomic E-state index is 13.6. The van der Waals surface area contributed by atoms with Crippen LogP contribution >= 0.6 is 0 Å². The minimum Gasteiger partial charge on any atom is -0.481 e. The summed E-state index contributed by atoms with van der Waals surface area (Å²) in [7, 11) is 0. The topological polar surface area (TPSA) is 66.8 Å². The van der Waals surface area contributed by atoms with Crippen LogP contribution in [0.15, 0.2) is 18.2 Å². The van der Waals surface area contributed by atoms with Crippen LogP contribution in [-0.4, -0.2) is 48.2 Å². The number of fused-ring (bicyclic) bond motifs is 1. The molecule has 2 saturated heterocycles. The summed E-state index contributed by atoms with van der Waals surface area (Å²) in [5, 5.41) is 9.59. The minimum absolute atomic E-state index is 0.0175. The van der Waals surface area contributed by atoms with Gasteiger partial charge in [-0.25, -0.2) is 8.78 Å². The van der Waals surface area contributed by atoms with Crippen molar-refractivity contribution < 1.29 is 28.2 Å². The van der Waals surface area contributed by atoms with Crippen LogP contribution in [0.5, 0.6) is 0 Å². The Bertz CT molecular complexity index is 666. The third-order valence-electron chi connectivity index (χ3n) is 5.13. The zero-order valence-corrected chi connectivity index (χ0v) is 13.1. The summed E-state index contributed by atoms with van der Waals surface area (Å²) in [6, 6.07) is 3.88. The summed E-state index contributed by atoms with van der Waals surface area (Å²) in [6.07, 6.45) is 0.485. The van der Waals surface area contributed by atoms with E-state index in [2.05, 4.69) is 0 Å². The molecule has 2 fully saturated rings. The number of aryl methyl sites for hydroxylation is 1.